The Morgan fingerprint density at radius 2 is 2.00 bits per heavy atom. The summed E-state index contributed by atoms with van der Waals surface area (Å²) < 4.78 is 0. The Balaban J connectivity index is 1.71. The van der Waals surface area contributed by atoms with Gasteiger partial charge in [-0.2, -0.15) is 0 Å². The molecule has 0 aromatic rings. The molecule has 2 N–H and O–H groups in total. The number of allylic oxidation sites excluding steroid dienone is 4. The number of ketones is 1. The van der Waals surface area contributed by atoms with Crippen molar-refractivity contribution in [3.63, 3.8) is 0 Å². The SMILES string of the molecule is C=C1C(=O)C[C@H](O)C/C1=C/C=C1\CCC[C@]2(C)[C@@H]([C@H](C)CCCC(C)(C)O)CC[C@@H]12. The molecule has 3 rings (SSSR count). The summed E-state index contributed by atoms with van der Waals surface area (Å²) in [6.45, 7) is 12.7. The van der Waals surface area contributed by atoms with Gasteiger partial charge in [-0.1, -0.05) is 51.0 Å². The van der Waals surface area contributed by atoms with Crippen molar-refractivity contribution in [2.45, 2.75) is 104 Å². The van der Waals surface area contributed by atoms with Gasteiger partial charge >= 0.3 is 0 Å². The summed E-state index contributed by atoms with van der Waals surface area (Å²) in [6.07, 6.45) is 13.9. The number of aliphatic hydroxyl groups is 2. The number of Topliss-reactive ketones (excluding diaryl/α,β-unsaturated/α-hetero) is 1. The van der Waals surface area contributed by atoms with Crippen molar-refractivity contribution in [3.8, 4) is 0 Å². The molecule has 168 valence electrons. The van der Waals surface area contributed by atoms with E-state index in [9.17, 15) is 15.0 Å². The fourth-order valence-electron chi connectivity index (χ4n) is 6.61. The molecule has 0 aromatic heterocycles. The van der Waals surface area contributed by atoms with E-state index in [1.807, 2.05) is 13.8 Å². The molecule has 3 aliphatic carbocycles. The van der Waals surface area contributed by atoms with Crippen molar-refractivity contribution >= 4 is 5.78 Å². The molecule has 0 heterocycles. The molecule has 30 heavy (non-hydrogen) atoms. The van der Waals surface area contributed by atoms with Gasteiger partial charge in [-0.25, -0.2) is 0 Å². The minimum Gasteiger partial charge on any atom is -0.392 e. The zero-order valence-corrected chi connectivity index (χ0v) is 19.5. The largest absolute Gasteiger partial charge is 0.392 e. The van der Waals surface area contributed by atoms with Gasteiger partial charge in [0.15, 0.2) is 5.78 Å². The Bertz CT molecular complexity index is 723. The molecule has 0 bridgehead atoms. The first-order valence-corrected chi connectivity index (χ1v) is 12.0. The average molecular weight is 415 g/mol. The van der Waals surface area contributed by atoms with E-state index in [0.717, 1.165) is 30.8 Å². The van der Waals surface area contributed by atoms with E-state index in [0.29, 0.717) is 29.2 Å². The van der Waals surface area contributed by atoms with Crippen LogP contribution < -0.4 is 0 Å². The quantitative estimate of drug-likeness (QED) is 0.531. The Morgan fingerprint density at radius 3 is 2.70 bits per heavy atom. The van der Waals surface area contributed by atoms with Crippen molar-refractivity contribution < 1.29 is 15.0 Å². The van der Waals surface area contributed by atoms with Gasteiger partial charge < -0.3 is 10.2 Å². The molecule has 5 atom stereocenters. The molecule has 0 unspecified atom stereocenters. The number of rotatable bonds is 6. The van der Waals surface area contributed by atoms with Crippen LogP contribution in [-0.2, 0) is 4.79 Å². The lowest BCUT2D eigenvalue weighted by Gasteiger charge is -2.44. The van der Waals surface area contributed by atoms with E-state index in [2.05, 4.69) is 32.6 Å². The standard InChI is InChI=1S/C27H42O3/c1-18(8-6-14-26(3,4)30)23-12-13-24-20(9-7-15-27(23,24)5)10-11-21-16-22(28)17-25(29)19(21)2/h10-11,18,22-24,28,30H,2,6-9,12-17H2,1,3-5H3/b20-10+,21-11-/t18-,22-,23-,24+,27-/m1/s1. The van der Waals surface area contributed by atoms with Crippen molar-refractivity contribution in [1.29, 1.82) is 0 Å². The van der Waals surface area contributed by atoms with Crippen LogP contribution in [0.2, 0.25) is 0 Å². The highest BCUT2D eigenvalue weighted by Gasteiger charge is 2.50. The smallest absolute Gasteiger partial charge is 0.165 e. The summed E-state index contributed by atoms with van der Waals surface area (Å²) in [4.78, 5) is 12.0. The Morgan fingerprint density at radius 1 is 1.27 bits per heavy atom. The summed E-state index contributed by atoms with van der Waals surface area (Å²) in [5.41, 5.74) is 2.82. The molecular weight excluding hydrogens is 372 g/mol. The minimum atomic E-state index is -0.565. The number of carbonyl (C=O) groups excluding carboxylic acids is 1. The molecule has 3 saturated carbocycles. The van der Waals surface area contributed by atoms with Crippen LogP contribution in [0.4, 0.5) is 0 Å². The molecular formula is C27H42O3. The zero-order chi connectivity index (χ0) is 22.1. The lowest BCUT2D eigenvalue weighted by molar-refractivity contribution is -0.117. The van der Waals surface area contributed by atoms with Gasteiger partial charge in [-0.3, -0.25) is 4.79 Å². The van der Waals surface area contributed by atoms with Crippen LogP contribution >= 0.6 is 0 Å². The first-order valence-electron chi connectivity index (χ1n) is 12.0. The third kappa shape index (κ3) is 5.16. The maximum atomic E-state index is 12.0. The van der Waals surface area contributed by atoms with Crippen molar-refractivity contribution in [1.82, 2.24) is 0 Å². The predicted octanol–water partition coefficient (Wildman–Crippen LogP) is 5.91. The molecule has 0 aliphatic heterocycles. The minimum absolute atomic E-state index is 0.0207. The molecule has 0 amide bonds. The number of carbonyl (C=O) groups is 1. The maximum absolute atomic E-state index is 12.0. The molecule has 0 spiro atoms. The Hall–Kier alpha value is -1.19. The number of aliphatic hydroxyl groups excluding tert-OH is 1. The van der Waals surface area contributed by atoms with Gasteiger partial charge in [0.05, 0.1) is 11.7 Å². The van der Waals surface area contributed by atoms with Crippen LogP contribution in [-0.4, -0.2) is 27.7 Å². The second-order valence-corrected chi connectivity index (χ2v) is 11.2. The monoisotopic (exact) mass is 414 g/mol. The molecule has 3 aliphatic rings. The highest BCUT2D eigenvalue weighted by Crippen LogP contribution is 2.60. The third-order valence-electron chi connectivity index (χ3n) is 8.27. The van der Waals surface area contributed by atoms with E-state index in [4.69, 9.17) is 0 Å². The first-order chi connectivity index (χ1) is 14.0. The average Bonchev–Trinajstić information content (AvgIpc) is 3.00. The van der Waals surface area contributed by atoms with Crippen LogP contribution in [0.25, 0.3) is 0 Å². The summed E-state index contributed by atoms with van der Waals surface area (Å²) in [5, 5.41) is 20.0. The van der Waals surface area contributed by atoms with Crippen molar-refractivity contribution in [3.05, 3.63) is 35.5 Å². The van der Waals surface area contributed by atoms with E-state index >= 15 is 0 Å². The van der Waals surface area contributed by atoms with Crippen LogP contribution in [0.3, 0.4) is 0 Å². The van der Waals surface area contributed by atoms with Crippen LogP contribution in [0.15, 0.2) is 35.5 Å². The number of hydrogen-bond donors (Lipinski definition) is 2. The zero-order valence-electron chi connectivity index (χ0n) is 19.5. The molecule has 3 heteroatoms. The Labute approximate surface area is 183 Å². The van der Waals surface area contributed by atoms with E-state index < -0.39 is 11.7 Å². The first kappa shape index (κ1) is 23.5. The second-order valence-electron chi connectivity index (χ2n) is 11.2. The lowest BCUT2D eigenvalue weighted by atomic mass is 9.60. The van der Waals surface area contributed by atoms with Gasteiger partial charge in [0.25, 0.3) is 0 Å². The summed E-state index contributed by atoms with van der Waals surface area (Å²) in [6, 6.07) is 0. The summed E-state index contributed by atoms with van der Waals surface area (Å²) in [7, 11) is 0. The predicted molar refractivity (Wildman–Crippen MR) is 123 cm³/mol. The summed E-state index contributed by atoms with van der Waals surface area (Å²) in [5.74, 6) is 2.04. The molecule has 0 saturated heterocycles. The highest BCUT2D eigenvalue weighted by atomic mass is 16.3. The Kier molecular flexibility index (Phi) is 7.14. The van der Waals surface area contributed by atoms with E-state index in [1.165, 1.54) is 37.7 Å². The molecule has 3 fully saturated rings. The van der Waals surface area contributed by atoms with Crippen molar-refractivity contribution in [2.24, 2.45) is 23.2 Å². The fraction of sp³-hybridized carbons (Fsp3) is 0.741. The van der Waals surface area contributed by atoms with E-state index in [1.54, 1.807) is 0 Å². The van der Waals surface area contributed by atoms with Gasteiger partial charge in [0.2, 0.25) is 0 Å². The molecule has 0 aromatic carbocycles. The summed E-state index contributed by atoms with van der Waals surface area (Å²) >= 11 is 0. The van der Waals surface area contributed by atoms with Crippen LogP contribution in [0, 0.1) is 23.2 Å². The van der Waals surface area contributed by atoms with Crippen LogP contribution in [0.5, 0.6) is 0 Å². The lowest BCUT2D eigenvalue weighted by Crippen LogP contribution is -2.36. The maximum Gasteiger partial charge on any atom is 0.165 e. The molecule has 3 nitrogen and oxygen atoms in total. The highest BCUT2D eigenvalue weighted by molar-refractivity contribution is 6.00. The molecule has 0 radical (unpaired) electrons. The van der Waals surface area contributed by atoms with Gasteiger partial charge in [0.1, 0.15) is 0 Å². The van der Waals surface area contributed by atoms with Gasteiger partial charge in [0, 0.05) is 12.0 Å². The van der Waals surface area contributed by atoms with Gasteiger partial charge in [-0.15, -0.1) is 0 Å². The van der Waals surface area contributed by atoms with Crippen LogP contribution in [0.1, 0.15) is 91.9 Å². The van der Waals surface area contributed by atoms with Gasteiger partial charge in [-0.05, 0) is 87.5 Å². The number of hydrogen-bond acceptors (Lipinski definition) is 3. The number of fused-ring (bicyclic) bond motifs is 1. The second kappa shape index (κ2) is 9.12. The normalized spacial score (nSPS) is 36.4. The van der Waals surface area contributed by atoms with Crippen molar-refractivity contribution in [2.75, 3.05) is 0 Å². The topological polar surface area (TPSA) is 57.5 Å². The van der Waals surface area contributed by atoms with E-state index in [-0.39, 0.29) is 12.2 Å². The fourth-order valence-corrected chi connectivity index (χ4v) is 6.61. The third-order valence-corrected chi connectivity index (χ3v) is 8.27.